The largest absolute Gasteiger partial charge is 0.496 e. The van der Waals surface area contributed by atoms with Gasteiger partial charge in [-0.15, -0.1) is 11.3 Å². The van der Waals surface area contributed by atoms with E-state index in [1.54, 1.807) is 18.4 Å². The van der Waals surface area contributed by atoms with Crippen LogP contribution in [0.4, 0.5) is 0 Å². The van der Waals surface area contributed by atoms with Crippen LogP contribution in [0.2, 0.25) is 0 Å². The Hall–Kier alpha value is 0.120. The van der Waals surface area contributed by atoms with Crippen LogP contribution in [0.15, 0.2) is 36.3 Å². The summed E-state index contributed by atoms with van der Waals surface area (Å²) in [5.41, 5.74) is 2.53. The molecule has 1 unspecified atom stereocenters. The number of benzene rings is 1. The predicted molar refractivity (Wildman–Crippen MR) is 95.9 cm³/mol. The first kappa shape index (κ1) is 16.5. The monoisotopic (exact) mass is 481 g/mol. The molecule has 0 radical (unpaired) electrons. The molecule has 1 N–H and O–H groups in total. The third kappa shape index (κ3) is 3.85. The summed E-state index contributed by atoms with van der Waals surface area (Å²) >= 11 is 12.4. The third-order valence-electron chi connectivity index (χ3n) is 3.06. The van der Waals surface area contributed by atoms with Crippen LogP contribution < -0.4 is 10.1 Å². The standard InChI is InChI=1S/C14H14Br3NOS/c1-18-11(9-7-13(16)20-14(9)17)6-8-3-4-12(19-2)10(15)5-8/h3-5,7,11,18H,6H2,1-2H3. The minimum absolute atomic E-state index is 0.271. The Balaban J connectivity index is 2.22. The fraction of sp³-hybridized carbons (Fsp3) is 0.286. The lowest BCUT2D eigenvalue weighted by molar-refractivity contribution is 0.412. The number of rotatable bonds is 5. The molecule has 108 valence electrons. The second-order valence-corrected chi connectivity index (χ2v) is 8.90. The Bertz CT molecular complexity index is 600. The molecule has 0 saturated carbocycles. The predicted octanol–water partition coefficient (Wildman–Crippen LogP) is 5.55. The quantitative estimate of drug-likeness (QED) is 0.602. The van der Waals surface area contributed by atoms with Crippen LogP contribution >= 0.6 is 59.1 Å². The molecule has 1 aromatic heterocycles. The van der Waals surface area contributed by atoms with Gasteiger partial charge in [0.05, 0.1) is 19.2 Å². The minimum Gasteiger partial charge on any atom is -0.496 e. The highest BCUT2D eigenvalue weighted by molar-refractivity contribution is 9.12. The number of hydrogen-bond acceptors (Lipinski definition) is 3. The molecule has 1 aromatic carbocycles. The van der Waals surface area contributed by atoms with Crippen molar-refractivity contribution in [3.63, 3.8) is 0 Å². The summed E-state index contributed by atoms with van der Waals surface area (Å²) in [5, 5.41) is 3.38. The van der Waals surface area contributed by atoms with E-state index in [2.05, 4.69) is 71.3 Å². The average Bonchev–Trinajstić information content (AvgIpc) is 2.75. The maximum Gasteiger partial charge on any atom is 0.133 e. The highest BCUT2D eigenvalue weighted by Gasteiger charge is 2.16. The van der Waals surface area contributed by atoms with Gasteiger partial charge in [-0.1, -0.05) is 6.07 Å². The summed E-state index contributed by atoms with van der Waals surface area (Å²) < 4.78 is 8.55. The molecular formula is C14H14Br3NOS. The van der Waals surface area contributed by atoms with E-state index >= 15 is 0 Å². The number of nitrogens with one attached hydrogen (secondary N) is 1. The third-order valence-corrected chi connectivity index (χ3v) is 6.07. The van der Waals surface area contributed by atoms with Crippen molar-refractivity contribution in [1.82, 2.24) is 5.32 Å². The van der Waals surface area contributed by atoms with E-state index in [9.17, 15) is 0 Å². The van der Waals surface area contributed by atoms with Gasteiger partial charge in [0, 0.05) is 6.04 Å². The molecule has 0 saturated heterocycles. The van der Waals surface area contributed by atoms with Gasteiger partial charge in [-0.05, 0) is 90.6 Å². The van der Waals surface area contributed by atoms with Gasteiger partial charge in [0.15, 0.2) is 0 Å². The van der Waals surface area contributed by atoms with Crippen molar-refractivity contribution in [2.45, 2.75) is 12.5 Å². The fourth-order valence-corrected chi connectivity index (χ4v) is 5.59. The molecule has 1 heterocycles. The summed E-state index contributed by atoms with van der Waals surface area (Å²) in [6, 6.07) is 8.63. The molecule has 2 aromatic rings. The Morgan fingerprint density at radius 2 is 2.00 bits per heavy atom. The zero-order chi connectivity index (χ0) is 14.7. The SMILES string of the molecule is CNC(Cc1ccc(OC)c(Br)c1)c1cc(Br)sc1Br. The number of halogens is 3. The Labute approximate surface area is 148 Å². The minimum atomic E-state index is 0.271. The van der Waals surface area contributed by atoms with Crippen molar-refractivity contribution in [2.24, 2.45) is 0 Å². The van der Waals surface area contributed by atoms with Crippen molar-refractivity contribution in [3.8, 4) is 5.75 Å². The highest BCUT2D eigenvalue weighted by Crippen LogP contribution is 2.37. The lowest BCUT2D eigenvalue weighted by Crippen LogP contribution is -2.18. The molecule has 0 spiro atoms. The summed E-state index contributed by atoms with van der Waals surface area (Å²) in [7, 11) is 3.66. The van der Waals surface area contributed by atoms with Crippen molar-refractivity contribution in [3.05, 3.63) is 47.4 Å². The van der Waals surface area contributed by atoms with Gasteiger partial charge in [0.25, 0.3) is 0 Å². The van der Waals surface area contributed by atoms with Gasteiger partial charge in [-0.25, -0.2) is 0 Å². The zero-order valence-electron chi connectivity index (χ0n) is 11.0. The normalized spacial score (nSPS) is 12.4. The number of ether oxygens (including phenoxy) is 1. The average molecular weight is 484 g/mol. The van der Waals surface area contributed by atoms with Gasteiger partial charge >= 0.3 is 0 Å². The molecule has 20 heavy (non-hydrogen) atoms. The molecule has 0 aliphatic carbocycles. The summed E-state index contributed by atoms with van der Waals surface area (Å²) in [4.78, 5) is 0. The van der Waals surface area contributed by atoms with E-state index in [0.29, 0.717) is 0 Å². The van der Waals surface area contributed by atoms with Crippen LogP contribution in [0, 0.1) is 0 Å². The fourth-order valence-electron chi connectivity index (χ4n) is 2.03. The van der Waals surface area contributed by atoms with E-state index in [1.807, 2.05) is 13.1 Å². The summed E-state index contributed by atoms with van der Waals surface area (Å²) in [6.07, 6.45) is 0.918. The zero-order valence-corrected chi connectivity index (χ0v) is 16.6. The Morgan fingerprint density at radius 1 is 1.25 bits per heavy atom. The van der Waals surface area contributed by atoms with Gasteiger partial charge in [-0.3, -0.25) is 0 Å². The van der Waals surface area contributed by atoms with Gasteiger partial charge < -0.3 is 10.1 Å². The topological polar surface area (TPSA) is 21.3 Å². The maximum atomic E-state index is 5.26. The van der Waals surface area contributed by atoms with Gasteiger partial charge in [-0.2, -0.15) is 0 Å². The maximum absolute atomic E-state index is 5.26. The molecule has 0 amide bonds. The van der Waals surface area contributed by atoms with E-state index in [0.717, 1.165) is 24.2 Å². The van der Waals surface area contributed by atoms with Crippen LogP contribution in [-0.4, -0.2) is 14.2 Å². The number of likely N-dealkylation sites (N-methyl/N-ethyl adjacent to an activating group) is 1. The Kier molecular flexibility index (Phi) is 6.10. The lowest BCUT2D eigenvalue weighted by atomic mass is 10.0. The van der Waals surface area contributed by atoms with Crippen LogP contribution in [0.3, 0.4) is 0 Å². The smallest absolute Gasteiger partial charge is 0.133 e. The van der Waals surface area contributed by atoms with Crippen molar-refractivity contribution < 1.29 is 4.74 Å². The van der Waals surface area contributed by atoms with E-state index in [-0.39, 0.29) is 6.04 Å². The summed E-state index contributed by atoms with van der Waals surface area (Å²) in [5.74, 6) is 0.856. The van der Waals surface area contributed by atoms with Gasteiger partial charge in [0.1, 0.15) is 5.75 Å². The molecule has 1 atom stereocenters. The first-order valence-corrected chi connectivity index (χ1v) is 9.19. The lowest BCUT2D eigenvalue weighted by Gasteiger charge is -2.16. The van der Waals surface area contributed by atoms with E-state index in [4.69, 9.17) is 4.74 Å². The van der Waals surface area contributed by atoms with Crippen LogP contribution in [0.1, 0.15) is 17.2 Å². The van der Waals surface area contributed by atoms with Crippen LogP contribution in [-0.2, 0) is 6.42 Å². The van der Waals surface area contributed by atoms with Crippen LogP contribution in [0.5, 0.6) is 5.75 Å². The Morgan fingerprint density at radius 3 is 2.50 bits per heavy atom. The highest BCUT2D eigenvalue weighted by atomic mass is 79.9. The second kappa shape index (κ2) is 7.40. The van der Waals surface area contributed by atoms with Crippen molar-refractivity contribution >= 4 is 59.1 Å². The van der Waals surface area contributed by atoms with Gasteiger partial charge in [0.2, 0.25) is 0 Å². The van der Waals surface area contributed by atoms with Crippen molar-refractivity contribution in [1.29, 1.82) is 0 Å². The number of methoxy groups -OCH3 is 1. The van der Waals surface area contributed by atoms with E-state index in [1.165, 1.54) is 11.1 Å². The molecule has 6 heteroatoms. The molecule has 2 nitrogen and oxygen atoms in total. The molecular weight excluding hydrogens is 470 g/mol. The van der Waals surface area contributed by atoms with Crippen molar-refractivity contribution in [2.75, 3.05) is 14.2 Å². The molecule has 0 aliphatic heterocycles. The van der Waals surface area contributed by atoms with E-state index < -0.39 is 0 Å². The molecule has 0 fully saturated rings. The second-order valence-electron chi connectivity index (χ2n) is 4.29. The molecule has 2 rings (SSSR count). The molecule has 0 aliphatic rings. The van der Waals surface area contributed by atoms with Crippen LogP contribution in [0.25, 0.3) is 0 Å². The first-order chi connectivity index (χ1) is 9.55. The summed E-state index contributed by atoms with van der Waals surface area (Å²) in [6.45, 7) is 0. The first-order valence-electron chi connectivity index (χ1n) is 5.99. The number of hydrogen-bond donors (Lipinski definition) is 1. The number of thiophene rings is 1. The molecule has 0 bridgehead atoms.